The third kappa shape index (κ3) is 6.52. The second-order valence-corrected chi connectivity index (χ2v) is 22.0. The second kappa shape index (κ2) is 12.4. The summed E-state index contributed by atoms with van der Waals surface area (Å²) in [6.07, 6.45) is 24.3. The first-order valence-electron chi connectivity index (χ1n) is 13.4. The third-order valence-electron chi connectivity index (χ3n) is 8.58. The third-order valence-corrected chi connectivity index (χ3v) is 23.6. The molecule has 0 heterocycles. The van der Waals surface area contributed by atoms with E-state index in [1.807, 2.05) is 30.3 Å². The van der Waals surface area contributed by atoms with Gasteiger partial charge in [0.25, 0.3) is 0 Å². The molecule has 3 aliphatic carbocycles. The van der Waals surface area contributed by atoms with E-state index in [1.54, 1.807) is 108 Å². The van der Waals surface area contributed by atoms with Crippen molar-refractivity contribution in [2.24, 2.45) is 0 Å². The van der Waals surface area contributed by atoms with Crippen LogP contribution >= 0.6 is 0 Å². The van der Waals surface area contributed by atoms with E-state index in [0.29, 0.717) is 5.56 Å². The van der Waals surface area contributed by atoms with Crippen molar-refractivity contribution in [1.29, 1.82) is 0 Å². The summed E-state index contributed by atoms with van der Waals surface area (Å²) in [5.41, 5.74) is 0.332. The molecule has 2 nitrogen and oxygen atoms in total. The summed E-state index contributed by atoms with van der Waals surface area (Å²) in [5.74, 6) is -0.884. The number of hydrogen-bond donors (Lipinski definition) is 1. The summed E-state index contributed by atoms with van der Waals surface area (Å²) in [5, 5.41) is 10.8. The molecule has 3 heteroatoms. The van der Waals surface area contributed by atoms with Gasteiger partial charge < -0.3 is 5.11 Å². The number of carboxylic acids is 1. The zero-order valence-corrected chi connectivity index (χ0v) is 23.1. The Morgan fingerprint density at radius 2 is 1.06 bits per heavy atom. The Morgan fingerprint density at radius 3 is 1.50 bits per heavy atom. The molecule has 3 aliphatic rings. The van der Waals surface area contributed by atoms with Crippen LogP contribution in [0.4, 0.5) is 0 Å². The molecule has 0 atom stereocenters. The van der Waals surface area contributed by atoms with Crippen molar-refractivity contribution in [3.8, 4) is 0 Å². The molecule has 0 aliphatic heterocycles. The van der Waals surface area contributed by atoms with Crippen LogP contribution in [0.25, 0.3) is 10.8 Å². The molecule has 0 spiro atoms. The van der Waals surface area contributed by atoms with Crippen LogP contribution in [-0.2, 0) is 0 Å². The van der Waals surface area contributed by atoms with Crippen molar-refractivity contribution >= 4 is 36.5 Å². The molecule has 0 bridgehead atoms. The number of fused-ring (bicyclic) bond motifs is 1. The van der Waals surface area contributed by atoms with Gasteiger partial charge in [0, 0.05) is 0 Å². The number of rotatable bonds is 4. The smallest absolute Gasteiger partial charge is 0.335 e. The first kappa shape index (κ1) is 24.1. The molecule has 0 aromatic heterocycles. The van der Waals surface area contributed by atoms with Gasteiger partial charge in [-0.1, -0.05) is 30.3 Å². The zero-order valence-electron chi connectivity index (χ0n) is 19.8. The molecular weight excluding hydrogens is 499 g/mol. The molecule has 5 rings (SSSR count). The summed E-state index contributed by atoms with van der Waals surface area (Å²) in [7, 11) is 0. The van der Waals surface area contributed by atoms with Gasteiger partial charge in [0.2, 0.25) is 0 Å². The van der Waals surface area contributed by atoms with Gasteiger partial charge in [-0.15, -0.1) is 0 Å². The maximum Gasteiger partial charge on any atom is 0.335 e. The predicted molar refractivity (Wildman–Crippen MR) is 139 cm³/mol. The van der Waals surface area contributed by atoms with Gasteiger partial charge in [0.05, 0.1) is 5.56 Å². The van der Waals surface area contributed by atoms with E-state index < -0.39 is 25.7 Å². The maximum absolute atomic E-state index is 10.6. The summed E-state index contributed by atoms with van der Waals surface area (Å²) < 4.78 is 4.00. The number of carboxylic acid groups (broad SMARTS) is 1. The molecule has 0 saturated heterocycles. The number of aromatic carboxylic acids is 1. The van der Waals surface area contributed by atoms with E-state index in [4.69, 9.17) is 5.11 Å². The van der Waals surface area contributed by atoms with Crippen LogP contribution in [0.5, 0.6) is 0 Å². The van der Waals surface area contributed by atoms with Gasteiger partial charge in [-0.2, -0.15) is 0 Å². The van der Waals surface area contributed by atoms with Crippen molar-refractivity contribution < 1.29 is 9.90 Å². The molecule has 32 heavy (non-hydrogen) atoms. The SMILES string of the molecule is C1CC[CH]([SnH]([CH]2CCCCC2)[CH]2CCCCC2)CC1.O=C(O)c1ccc2ccccc2c1. The topological polar surface area (TPSA) is 37.3 Å². The van der Waals surface area contributed by atoms with Crippen molar-refractivity contribution in [3.63, 3.8) is 0 Å². The van der Waals surface area contributed by atoms with Gasteiger partial charge >= 0.3 is 134 Å². The molecule has 0 amide bonds. The van der Waals surface area contributed by atoms with E-state index in [-0.39, 0.29) is 0 Å². The van der Waals surface area contributed by atoms with Crippen molar-refractivity contribution in [1.82, 2.24) is 0 Å². The summed E-state index contributed by atoms with van der Waals surface area (Å²) in [6.45, 7) is 0. The van der Waals surface area contributed by atoms with Gasteiger partial charge in [0.15, 0.2) is 0 Å². The van der Waals surface area contributed by atoms with Crippen LogP contribution in [0, 0.1) is 0 Å². The molecule has 174 valence electrons. The van der Waals surface area contributed by atoms with Gasteiger partial charge in [0.1, 0.15) is 0 Å². The molecule has 2 aromatic rings. The zero-order chi connectivity index (χ0) is 22.2. The van der Waals surface area contributed by atoms with Crippen LogP contribution in [-0.4, -0.2) is 30.8 Å². The molecule has 3 fully saturated rings. The monoisotopic (exact) mass is 542 g/mol. The number of hydrogen-bond acceptors (Lipinski definition) is 1. The van der Waals surface area contributed by atoms with E-state index in [1.165, 1.54) is 11.8 Å². The minimum absolute atomic E-state index is 0.332. The average molecular weight is 541 g/mol. The summed E-state index contributed by atoms with van der Waals surface area (Å²) in [6, 6.07) is 12.8. The molecule has 0 radical (unpaired) electrons. The van der Waals surface area contributed by atoms with Crippen LogP contribution in [0.3, 0.4) is 0 Å². The van der Waals surface area contributed by atoms with Crippen LogP contribution < -0.4 is 0 Å². The molecule has 2 aromatic carbocycles. The minimum Gasteiger partial charge on any atom is -0.478 e. The van der Waals surface area contributed by atoms with Crippen molar-refractivity contribution in [2.75, 3.05) is 0 Å². The first-order valence-corrected chi connectivity index (χ1v) is 19.2. The van der Waals surface area contributed by atoms with E-state index >= 15 is 0 Å². The van der Waals surface area contributed by atoms with Gasteiger partial charge in [-0.05, 0) is 22.9 Å². The minimum atomic E-state index is -1.31. The fraction of sp³-hybridized carbons (Fsp3) is 0.621. The Labute approximate surface area is 201 Å². The Hall–Kier alpha value is -1.03. The van der Waals surface area contributed by atoms with Crippen LogP contribution in [0.2, 0.25) is 11.8 Å². The van der Waals surface area contributed by atoms with Crippen molar-refractivity contribution in [2.45, 2.75) is 108 Å². The second-order valence-electron chi connectivity index (χ2n) is 10.6. The maximum atomic E-state index is 10.6. The van der Waals surface area contributed by atoms with Gasteiger partial charge in [-0.25, -0.2) is 4.79 Å². The fourth-order valence-electron chi connectivity index (χ4n) is 7.03. The first-order chi connectivity index (χ1) is 15.7. The Kier molecular flexibility index (Phi) is 9.37. The Balaban J connectivity index is 0.000000165. The normalized spacial score (nSPS) is 21.3. The van der Waals surface area contributed by atoms with E-state index in [0.717, 1.165) is 10.8 Å². The van der Waals surface area contributed by atoms with Gasteiger partial charge in [-0.3, -0.25) is 0 Å². The van der Waals surface area contributed by atoms with E-state index in [2.05, 4.69) is 0 Å². The summed E-state index contributed by atoms with van der Waals surface area (Å²) in [4.78, 5) is 10.6. The molecule has 3 saturated carbocycles. The quantitative estimate of drug-likeness (QED) is 0.393. The predicted octanol–water partition coefficient (Wildman–Crippen LogP) is 8.75. The average Bonchev–Trinajstić information content (AvgIpc) is 2.86. The molecule has 0 unspecified atom stereocenters. The Bertz CT molecular complexity index is 802. The standard InChI is InChI=1S/C11H8O2.3C6H11.Sn.H/c12-11(13)10-6-5-8-3-1-2-4-9(8)7-10;3*1-2-4-6-5-3-1;;/h1-7H,(H,12,13);3*1H,2-6H2;;. The number of benzene rings is 2. The van der Waals surface area contributed by atoms with Crippen molar-refractivity contribution in [3.05, 3.63) is 48.0 Å². The fourth-order valence-corrected chi connectivity index (χ4v) is 24.3. The number of carbonyl (C=O) groups is 1. The molecule has 1 N–H and O–H groups in total. The largest absolute Gasteiger partial charge is 0.478 e. The van der Waals surface area contributed by atoms with Crippen LogP contribution in [0.1, 0.15) is 107 Å². The summed E-state index contributed by atoms with van der Waals surface area (Å²) >= 11 is -1.31. The molecular formula is C29H42O2Sn. The van der Waals surface area contributed by atoms with Crippen LogP contribution in [0.15, 0.2) is 42.5 Å². The van der Waals surface area contributed by atoms with E-state index in [9.17, 15) is 4.79 Å². The Morgan fingerprint density at radius 1 is 0.625 bits per heavy atom.